The van der Waals surface area contributed by atoms with Gasteiger partial charge in [-0.05, 0) is 61.0 Å². The number of aryl methyl sites for hydroxylation is 1. The van der Waals surface area contributed by atoms with Crippen LogP contribution in [0, 0.1) is 6.92 Å². The standard InChI is InChI=1S/C23H16Cl2N2O5/c1-12-3-5-14(10-19(12)25)27-22(29)17(21(28)26-27)11-15-6-8-20(32-15)13-4-7-18(24)16(9-13)23(30)31-2/h3-11H,1-2H3,(H,26,28)/b17-11-. The molecule has 1 aliphatic heterocycles. The number of hydrogen-bond acceptors (Lipinski definition) is 5. The number of carbonyl (C=O) groups excluding carboxylic acids is 3. The zero-order chi connectivity index (χ0) is 23.0. The van der Waals surface area contributed by atoms with E-state index in [0.717, 1.165) is 10.6 Å². The van der Waals surface area contributed by atoms with Crippen molar-refractivity contribution in [2.75, 3.05) is 12.1 Å². The lowest BCUT2D eigenvalue weighted by Gasteiger charge is -2.15. The predicted molar refractivity (Wildman–Crippen MR) is 120 cm³/mol. The molecule has 0 aliphatic carbocycles. The lowest BCUT2D eigenvalue weighted by atomic mass is 10.1. The maximum atomic E-state index is 12.8. The molecule has 1 saturated heterocycles. The van der Waals surface area contributed by atoms with Crippen LogP contribution in [0.25, 0.3) is 17.4 Å². The molecule has 1 fully saturated rings. The third kappa shape index (κ3) is 4.00. The zero-order valence-corrected chi connectivity index (χ0v) is 18.5. The lowest BCUT2D eigenvalue weighted by Crippen LogP contribution is -2.35. The van der Waals surface area contributed by atoms with Gasteiger partial charge in [0.15, 0.2) is 0 Å². The van der Waals surface area contributed by atoms with Crippen LogP contribution in [0.2, 0.25) is 10.0 Å². The summed E-state index contributed by atoms with van der Waals surface area (Å²) in [4.78, 5) is 37.1. The Hall–Kier alpha value is -3.55. The molecule has 7 nitrogen and oxygen atoms in total. The maximum absolute atomic E-state index is 12.8. The molecule has 1 aromatic heterocycles. The van der Waals surface area contributed by atoms with Gasteiger partial charge >= 0.3 is 5.97 Å². The molecule has 9 heteroatoms. The summed E-state index contributed by atoms with van der Waals surface area (Å²) < 4.78 is 10.5. The minimum atomic E-state index is -0.574. The van der Waals surface area contributed by atoms with E-state index >= 15 is 0 Å². The highest BCUT2D eigenvalue weighted by Crippen LogP contribution is 2.30. The van der Waals surface area contributed by atoms with Gasteiger partial charge in [-0.25, -0.2) is 9.80 Å². The van der Waals surface area contributed by atoms with Crippen molar-refractivity contribution in [1.29, 1.82) is 0 Å². The molecule has 2 heterocycles. The molecule has 32 heavy (non-hydrogen) atoms. The highest BCUT2D eigenvalue weighted by Gasteiger charge is 2.35. The second-order valence-electron chi connectivity index (χ2n) is 6.96. The Balaban J connectivity index is 1.62. The van der Waals surface area contributed by atoms with Crippen molar-refractivity contribution in [3.8, 4) is 11.3 Å². The average molecular weight is 471 g/mol. The Bertz CT molecular complexity index is 1300. The van der Waals surface area contributed by atoms with Crippen molar-refractivity contribution in [1.82, 2.24) is 5.43 Å². The number of nitrogens with zero attached hydrogens (tertiary/aromatic N) is 1. The summed E-state index contributed by atoms with van der Waals surface area (Å²) in [5, 5.41) is 1.86. The summed E-state index contributed by atoms with van der Waals surface area (Å²) in [7, 11) is 1.26. The smallest absolute Gasteiger partial charge is 0.339 e. The van der Waals surface area contributed by atoms with Gasteiger partial charge in [-0.1, -0.05) is 29.3 Å². The molecular formula is C23H16Cl2N2O5. The number of anilines is 1. The highest BCUT2D eigenvalue weighted by molar-refractivity contribution is 6.34. The fourth-order valence-corrected chi connectivity index (χ4v) is 3.50. The fourth-order valence-electron chi connectivity index (χ4n) is 3.13. The predicted octanol–water partition coefficient (Wildman–Crippen LogP) is 4.81. The fraction of sp³-hybridized carbons (Fsp3) is 0.0870. The minimum Gasteiger partial charge on any atom is -0.465 e. The first-order valence-electron chi connectivity index (χ1n) is 9.40. The molecule has 162 valence electrons. The van der Waals surface area contributed by atoms with Crippen molar-refractivity contribution >= 4 is 52.7 Å². The molecule has 0 bridgehead atoms. The zero-order valence-electron chi connectivity index (χ0n) is 16.9. The monoisotopic (exact) mass is 470 g/mol. The second-order valence-corrected chi connectivity index (χ2v) is 7.78. The Labute approximate surface area is 193 Å². The Morgan fingerprint density at radius 3 is 2.56 bits per heavy atom. The van der Waals surface area contributed by atoms with Crippen LogP contribution in [0.4, 0.5) is 5.69 Å². The van der Waals surface area contributed by atoms with E-state index in [1.165, 1.54) is 13.2 Å². The third-order valence-electron chi connectivity index (χ3n) is 4.87. The Morgan fingerprint density at radius 2 is 1.84 bits per heavy atom. The van der Waals surface area contributed by atoms with Crippen LogP contribution in [0.5, 0.6) is 0 Å². The third-order valence-corrected chi connectivity index (χ3v) is 5.61. The topological polar surface area (TPSA) is 88.9 Å². The average Bonchev–Trinajstić information content (AvgIpc) is 3.36. The van der Waals surface area contributed by atoms with Gasteiger partial charge in [0, 0.05) is 10.6 Å². The summed E-state index contributed by atoms with van der Waals surface area (Å²) in [6.07, 6.45) is 1.36. The van der Waals surface area contributed by atoms with Crippen molar-refractivity contribution < 1.29 is 23.5 Å². The Morgan fingerprint density at radius 1 is 1.06 bits per heavy atom. The van der Waals surface area contributed by atoms with Crippen LogP contribution in [-0.2, 0) is 14.3 Å². The van der Waals surface area contributed by atoms with Crippen LogP contribution < -0.4 is 10.4 Å². The van der Waals surface area contributed by atoms with E-state index in [-0.39, 0.29) is 21.9 Å². The largest absolute Gasteiger partial charge is 0.465 e. The molecule has 1 aliphatic rings. The SMILES string of the molecule is COC(=O)c1cc(-c2ccc(/C=C3/C(=O)NN(c4ccc(C)c(Cl)c4)C3=O)o2)ccc1Cl. The van der Waals surface area contributed by atoms with Crippen molar-refractivity contribution in [3.05, 3.63) is 81.0 Å². The number of amides is 2. The molecule has 2 amide bonds. The molecule has 1 N–H and O–H groups in total. The Kier molecular flexibility index (Phi) is 5.78. The summed E-state index contributed by atoms with van der Waals surface area (Å²) in [6, 6.07) is 13.1. The first-order chi connectivity index (χ1) is 15.3. The van der Waals surface area contributed by atoms with Crippen molar-refractivity contribution in [2.45, 2.75) is 6.92 Å². The number of hydrazine groups is 1. The number of carbonyl (C=O) groups is 3. The first-order valence-corrected chi connectivity index (χ1v) is 10.2. The molecule has 0 radical (unpaired) electrons. The minimum absolute atomic E-state index is 0.0889. The number of methoxy groups -OCH3 is 1. The summed E-state index contributed by atoms with van der Waals surface area (Å²) in [5.41, 5.74) is 4.50. The summed E-state index contributed by atoms with van der Waals surface area (Å²) in [5.74, 6) is -0.963. The number of rotatable bonds is 4. The molecular weight excluding hydrogens is 455 g/mol. The van der Waals surface area contributed by atoms with Crippen LogP contribution in [0.3, 0.4) is 0 Å². The van der Waals surface area contributed by atoms with Gasteiger partial charge in [-0.15, -0.1) is 0 Å². The number of halogens is 2. The molecule has 0 spiro atoms. The van der Waals surface area contributed by atoms with E-state index in [1.807, 2.05) is 6.92 Å². The van der Waals surface area contributed by atoms with E-state index in [2.05, 4.69) is 5.43 Å². The van der Waals surface area contributed by atoms with E-state index in [4.69, 9.17) is 32.4 Å². The van der Waals surface area contributed by atoms with Crippen molar-refractivity contribution in [2.24, 2.45) is 0 Å². The molecule has 2 aromatic carbocycles. The van der Waals surface area contributed by atoms with Gasteiger partial charge in [0.25, 0.3) is 11.8 Å². The number of nitrogens with one attached hydrogen (secondary N) is 1. The molecule has 0 saturated carbocycles. The molecule has 0 atom stereocenters. The number of hydrogen-bond donors (Lipinski definition) is 1. The van der Waals surface area contributed by atoms with E-state index in [1.54, 1.807) is 48.5 Å². The van der Waals surface area contributed by atoms with Crippen LogP contribution >= 0.6 is 23.2 Å². The van der Waals surface area contributed by atoms with Crippen LogP contribution in [0.1, 0.15) is 21.7 Å². The second kappa shape index (κ2) is 8.53. The first kappa shape index (κ1) is 21.7. The number of esters is 1. The van der Waals surface area contributed by atoms with Crippen LogP contribution in [-0.4, -0.2) is 24.9 Å². The molecule has 0 unspecified atom stereocenters. The van der Waals surface area contributed by atoms with E-state index in [0.29, 0.717) is 22.0 Å². The quantitative estimate of drug-likeness (QED) is 0.335. The van der Waals surface area contributed by atoms with Gasteiger partial charge < -0.3 is 9.15 Å². The van der Waals surface area contributed by atoms with Gasteiger partial charge in [-0.3, -0.25) is 15.0 Å². The van der Waals surface area contributed by atoms with Crippen molar-refractivity contribution in [3.63, 3.8) is 0 Å². The number of benzene rings is 2. The normalized spacial score (nSPS) is 14.8. The number of ether oxygens (including phenoxy) is 1. The maximum Gasteiger partial charge on any atom is 0.339 e. The van der Waals surface area contributed by atoms with Crippen LogP contribution in [0.15, 0.2) is 58.5 Å². The van der Waals surface area contributed by atoms with E-state index in [9.17, 15) is 14.4 Å². The van der Waals surface area contributed by atoms with Gasteiger partial charge in [0.2, 0.25) is 0 Å². The van der Waals surface area contributed by atoms with E-state index < -0.39 is 17.8 Å². The number of furan rings is 1. The van der Waals surface area contributed by atoms with Gasteiger partial charge in [-0.2, -0.15) is 0 Å². The lowest BCUT2D eigenvalue weighted by molar-refractivity contribution is -0.117. The highest BCUT2D eigenvalue weighted by atomic mass is 35.5. The summed E-state index contributed by atoms with van der Waals surface area (Å²) >= 11 is 12.2. The van der Waals surface area contributed by atoms with Gasteiger partial charge in [0.05, 0.1) is 23.4 Å². The van der Waals surface area contributed by atoms with Gasteiger partial charge in [0.1, 0.15) is 17.1 Å². The summed E-state index contributed by atoms with van der Waals surface area (Å²) in [6.45, 7) is 1.84. The molecule has 4 rings (SSSR count). The molecule has 3 aromatic rings.